The van der Waals surface area contributed by atoms with Gasteiger partial charge in [-0.2, -0.15) is 0 Å². The third kappa shape index (κ3) is 7.04. The Hall–Kier alpha value is -4.38. The molecule has 0 N–H and O–H groups in total. The van der Waals surface area contributed by atoms with Gasteiger partial charge in [-0.1, -0.05) is 42.4 Å². The molecule has 1 fully saturated rings. The van der Waals surface area contributed by atoms with Crippen molar-refractivity contribution >= 4 is 22.9 Å². The highest BCUT2D eigenvalue weighted by Crippen LogP contribution is 2.33. The van der Waals surface area contributed by atoms with Crippen molar-refractivity contribution in [2.24, 2.45) is 5.11 Å². The lowest BCUT2D eigenvalue weighted by atomic mass is 9.96. The summed E-state index contributed by atoms with van der Waals surface area (Å²) in [6, 6.07) is 13.1. The van der Waals surface area contributed by atoms with Gasteiger partial charge in [0, 0.05) is 35.8 Å². The van der Waals surface area contributed by atoms with Gasteiger partial charge in [0.1, 0.15) is 36.2 Å². The maximum absolute atomic E-state index is 12.5. The molecule has 4 rings (SSSR count). The van der Waals surface area contributed by atoms with Crippen molar-refractivity contribution in [1.82, 2.24) is 0 Å². The molecule has 1 aromatic heterocycles. The van der Waals surface area contributed by atoms with Crippen LogP contribution in [0.25, 0.3) is 21.4 Å². The molecule has 1 aliphatic rings. The Morgan fingerprint density at radius 3 is 2.49 bits per heavy atom. The largest absolute Gasteiger partial charge is 0.464 e. The molecule has 12 heteroatoms. The maximum atomic E-state index is 12.5. The second kappa shape index (κ2) is 13.3. The van der Waals surface area contributed by atoms with Crippen molar-refractivity contribution in [3.05, 3.63) is 86.1 Å². The molecule has 12 nitrogen and oxygen atoms in total. The van der Waals surface area contributed by atoms with Gasteiger partial charge in [0.05, 0.1) is 6.61 Å². The number of azide groups is 1. The number of ether oxygens (including phenoxy) is 5. The van der Waals surface area contributed by atoms with Crippen molar-refractivity contribution in [2.75, 3.05) is 6.61 Å². The Labute approximate surface area is 235 Å². The van der Waals surface area contributed by atoms with E-state index in [9.17, 15) is 19.9 Å². The van der Waals surface area contributed by atoms with Gasteiger partial charge < -0.3 is 28.1 Å². The van der Waals surface area contributed by atoms with Crippen molar-refractivity contribution < 1.29 is 37.7 Å². The van der Waals surface area contributed by atoms with E-state index in [4.69, 9.17) is 28.1 Å². The number of nitrogens with zero attached hydrogens (tertiary/aromatic N) is 3. The molecule has 3 aromatic rings. The Morgan fingerprint density at radius 1 is 1.07 bits per heavy atom. The maximum Gasteiger partial charge on any atom is 0.339 e. The van der Waals surface area contributed by atoms with E-state index >= 15 is 0 Å². The summed E-state index contributed by atoms with van der Waals surface area (Å²) >= 11 is 0. The first-order chi connectivity index (χ1) is 19.7. The summed E-state index contributed by atoms with van der Waals surface area (Å²) in [4.78, 5) is 39.1. The van der Waals surface area contributed by atoms with Crippen LogP contribution < -0.4 is 10.4 Å². The second-order valence-corrected chi connectivity index (χ2v) is 9.50. The van der Waals surface area contributed by atoms with Crippen molar-refractivity contribution in [2.45, 2.75) is 71.4 Å². The van der Waals surface area contributed by atoms with Crippen LogP contribution in [0.15, 0.2) is 62.9 Å². The van der Waals surface area contributed by atoms with Crippen LogP contribution in [0.2, 0.25) is 0 Å². The second-order valence-electron chi connectivity index (χ2n) is 9.50. The van der Waals surface area contributed by atoms with Crippen LogP contribution >= 0.6 is 0 Å². The number of benzene rings is 2. The lowest BCUT2D eigenvalue weighted by molar-refractivity contribution is -0.257. The summed E-state index contributed by atoms with van der Waals surface area (Å²) in [7, 11) is 0. The predicted octanol–water partition coefficient (Wildman–Crippen LogP) is 4.53. The van der Waals surface area contributed by atoms with Gasteiger partial charge in [-0.3, -0.25) is 9.59 Å². The summed E-state index contributed by atoms with van der Waals surface area (Å²) in [5.41, 5.74) is 11.5. The standard InChI is InChI=1S/C29H31N3O9/c1-5-21-16(2)22-12-11-20(13-23(22)40-28(21)35)39-29-25(31-32-30)27(37-14-19-9-7-6-8-10-19)26(38-18(4)34)24(41-29)15-36-17(3)33/h6-13,24-27,29H,5,14-15H2,1-4H3/t24-,25-,26-,27-,29-/m1/s1. The molecule has 0 radical (unpaired) electrons. The summed E-state index contributed by atoms with van der Waals surface area (Å²) in [6.45, 7) is 5.99. The molecule has 0 saturated carbocycles. The van der Waals surface area contributed by atoms with Crippen molar-refractivity contribution in [1.29, 1.82) is 0 Å². The fourth-order valence-corrected chi connectivity index (χ4v) is 4.79. The van der Waals surface area contributed by atoms with E-state index in [0.29, 0.717) is 17.6 Å². The van der Waals surface area contributed by atoms with Crippen LogP contribution in [0, 0.1) is 6.92 Å². The first-order valence-electron chi connectivity index (χ1n) is 13.1. The Balaban J connectivity index is 1.71. The van der Waals surface area contributed by atoms with Crippen molar-refractivity contribution in [3.8, 4) is 5.75 Å². The molecule has 0 unspecified atom stereocenters. The molecule has 5 atom stereocenters. The minimum Gasteiger partial charge on any atom is -0.464 e. The van der Waals surface area contributed by atoms with Gasteiger partial charge >= 0.3 is 17.6 Å². The molecule has 0 amide bonds. The van der Waals surface area contributed by atoms with Crippen LogP contribution in [0.3, 0.4) is 0 Å². The average Bonchev–Trinajstić information content (AvgIpc) is 2.93. The van der Waals surface area contributed by atoms with Gasteiger partial charge in [0.2, 0.25) is 6.29 Å². The fourth-order valence-electron chi connectivity index (χ4n) is 4.79. The summed E-state index contributed by atoms with van der Waals surface area (Å²) in [6.07, 6.45) is -3.88. The highest BCUT2D eigenvalue weighted by atomic mass is 16.7. The topological polar surface area (TPSA) is 159 Å². The first kappa shape index (κ1) is 29.6. The third-order valence-electron chi connectivity index (χ3n) is 6.70. The molecular formula is C29H31N3O9. The van der Waals surface area contributed by atoms with E-state index in [1.165, 1.54) is 13.8 Å². The fraction of sp³-hybridized carbons (Fsp3) is 0.414. The van der Waals surface area contributed by atoms with Crippen LogP contribution in [-0.4, -0.2) is 49.2 Å². The molecule has 2 heterocycles. The van der Waals surface area contributed by atoms with Gasteiger partial charge in [0.25, 0.3) is 0 Å². The highest BCUT2D eigenvalue weighted by molar-refractivity contribution is 5.82. The van der Waals surface area contributed by atoms with Gasteiger partial charge in [-0.25, -0.2) is 4.79 Å². The predicted molar refractivity (Wildman–Crippen MR) is 146 cm³/mol. The van der Waals surface area contributed by atoms with Crippen LogP contribution in [0.1, 0.15) is 37.5 Å². The number of carbonyl (C=O) groups excluding carboxylic acids is 2. The Kier molecular flexibility index (Phi) is 9.61. The molecule has 1 aliphatic heterocycles. The number of esters is 2. The Bertz CT molecular complexity index is 1500. The number of hydrogen-bond donors (Lipinski definition) is 0. The van der Waals surface area contributed by atoms with Crippen molar-refractivity contribution in [3.63, 3.8) is 0 Å². The molecule has 0 spiro atoms. The SMILES string of the molecule is CCc1c(C)c2ccc(O[C@@H]3O[C@H](COC(C)=O)[C@@H](OC(C)=O)[C@H](OCc4ccccc4)[C@H]3N=[N+]=[N-])cc2oc1=O. The number of rotatable bonds is 10. The number of carbonyl (C=O) groups is 2. The quantitative estimate of drug-likeness (QED) is 0.113. The summed E-state index contributed by atoms with van der Waals surface area (Å²) in [5.74, 6) is -0.950. The van der Waals surface area contributed by atoms with Crippen LogP contribution in [0.5, 0.6) is 5.75 Å². The number of aryl methyl sites for hydroxylation is 1. The average molecular weight is 566 g/mol. The first-order valence-corrected chi connectivity index (χ1v) is 13.1. The van der Waals surface area contributed by atoms with Gasteiger partial charge in [0.15, 0.2) is 6.10 Å². The van der Waals surface area contributed by atoms with E-state index in [1.807, 2.05) is 44.2 Å². The smallest absolute Gasteiger partial charge is 0.339 e. The lowest BCUT2D eigenvalue weighted by Gasteiger charge is -2.43. The van der Waals surface area contributed by atoms with Crippen LogP contribution in [-0.2, 0) is 41.6 Å². The van der Waals surface area contributed by atoms with Gasteiger partial charge in [-0.05, 0) is 42.1 Å². The number of hydrogen-bond acceptors (Lipinski definition) is 10. The zero-order valence-electron chi connectivity index (χ0n) is 23.1. The molecule has 1 saturated heterocycles. The van der Waals surface area contributed by atoms with E-state index in [2.05, 4.69) is 10.0 Å². The zero-order chi connectivity index (χ0) is 29.5. The molecule has 41 heavy (non-hydrogen) atoms. The molecule has 2 aromatic carbocycles. The Morgan fingerprint density at radius 2 is 1.83 bits per heavy atom. The van der Waals surface area contributed by atoms with E-state index < -0.39 is 48.2 Å². The highest BCUT2D eigenvalue weighted by Gasteiger charge is 2.50. The normalized spacial score (nSPS) is 22.0. The molecular weight excluding hydrogens is 534 g/mol. The zero-order valence-corrected chi connectivity index (χ0v) is 23.1. The van der Waals surface area contributed by atoms with Crippen LogP contribution in [0.4, 0.5) is 0 Å². The molecule has 0 bridgehead atoms. The van der Waals surface area contributed by atoms with E-state index in [-0.39, 0.29) is 19.0 Å². The summed E-state index contributed by atoms with van der Waals surface area (Å²) < 4.78 is 34.6. The minimum absolute atomic E-state index is 0.0912. The number of fused-ring (bicyclic) bond motifs is 1. The minimum atomic E-state index is -1.25. The monoisotopic (exact) mass is 565 g/mol. The van der Waals surface area contributed by atoms with E-state index in [1.54, 1.807) is 18.2 Å². The third-order valence-corrected chi connectivity index (χ3v) is 6.70. The summed E-state index contributed by atoms with van der Waals surface area (Å²) in [5, 5.41) is 4.64. The lowest BCUT2D eigenvalue weighted by Crippen LogP contribution is -2.61. The molecule has 0 aliphatic carbocycles. The van der Waals surface area contributed by atoms with Gasteiger partial charge in [-0.15, -0.1) is 0 Å². The van der Waals surface area contributed by atoms with E-state index in [0.717, 1.165) is 16.5 Å². The molecule has 216 valence electrons.